The number of sulfonamides is 1. The molecule has 0 aromatic heterocycles. The van der Waals surface area contributed by atoms with E-state index in [2.05, 4.69) is 0 Å². The first kappa shape index (κ1) is 14.6. The first-order chi connectivity index (χ1) is 10.5. The van der Waals surface area contributed by atoms with Gasteiger partial charge in [-0.3, -0.25) is 0 Å². The minimum atomic E-state index is -3.87. The summed E-state index contributed by atoms with van der Waals surface area (Å²) in [6.45, 7) is 0. The number of aromatic hydroxyl groups is 1. The van der Waals surface area contributed by atoms with Crippen molar-refractivity contribution < 1.29 is 13.5 Å². The Labute approximate surface area is 128 Å². The van der Waals surface area contributed by atoms with E-state index in [1.165, 1.54) is 6.07 Å². The van der Waals surface area contributed by atoms with Crippen molar-refractivity contribution in [1.82, 2.24) is 0 Å². The molecule has 0 unspecified atom stereocenters. The first-order valence-electron chi connectivity index (χ1n) is 6.77. The Bertz CT molecular complexity index is 935. The Morgan fingerprint density at radius 3 is 2.14 bits per heavy atom. The van der Waals surface area contributed by atoms with Crippen molar-refractivity contribution in [2.75, 3.05) is 0 Å². The quantitative estimate of drug-likeness (QED) is 0.780. The van der Waals surface area contributed by atoms with Gasteiger partial charge in [0.25, 0.3) is 0 Å². The van der Waals surface area contributed by atoms with Gasteiger partial charge >= 0.3 is 0 Å². The van der Waals surface area contributed by atoms with E-state index in [1.807, 2.05) is 30.3 Å². The van der Waals surface area contributed by atoms with Crippen molar-refractivity contribution in [2.24, 2.45) is 5.14 Å². The lowest BCUT2D eigenvalue weighted by Gasteiger charge is -2.12. The van der Waals surface area contributed by atoms with Gasteiger partial charge in [0.15, 0.2) is 0 Å². The van der Waals surface area contributed by atoms with E-state index < -0.39 is 10.0 Å². The van der Waals surface area contributed by atoms with Crippen LogP contribution in [0.5, 0.6) is 5.75 Å². The number of phenolic OH excluding ortho intramolecular Hbond substituents is 1. The van der Waals surface area contributed by atoms with Gasteiger partial charge in [-0.25, -0.2) is 13.6 Å². The summed E-state index contributed by atoms with van der Waals surface area (Å²) in [6, 6.07) is 17.8. The lowest BCUT2D eigenvalue weighted by Crippen LogP contribution is -2.13. The first-order valence-corrected chi connectivity index (χ1v) is 8.32. The molecule has 0 saturated carbocycles. The third-order valence-electron chi connectivity index (χ3n) is 3.60. The largest absolute Gasteiger partial charge is 0.507 e. The summed E-state index contributed by atoms with van der Waals surface area (Å²) in [4.78, 5) is 0.0341. The van der Waals surface area contributed by atoms with E-state index in [4.69, 9.17) is 5.14 Å². The zero-order valence-corrected chi connectivity index (χ0v) is 12.5. The number of rotatable bonds is 3. The molecule has 0 saturated heterocycles. The number of nitrogens with two attached hydrogens (primary N) is 1. The molecule has 4 nitrogen and oxygen atoms in total. The van der Waals surface area contributed by atoms with Gasteiger partial charge in [-0.2, -0.15) is 0 Å². The van der Waals surface area contributed by atoms with Gasteiger partial charge in [0.2, 0.25) is 10.0 Å². The number of fused-ring (bicyclic) bond motifs is 1. The molecule has 5 heteroatoms. The molecule has 0 amide bonds. The molecule has 3 rings (SSSR count). The molecular formula is C17H15NO3S. The monoisotopic (exact) mass is 313 g/mol. The third kappa shape index (κ3) is 2.68. The normalized spacial score (nSPS) is 11.7. The van der Waals surface area contributed by atoms with Crippen LogP contribution in [0, 0.1) is 0 Å². The SMILES string of the molecule is NS(=O)(=O)c1cc(Cc2ccccc2)c(O)c2ccccc12. The van der Waals surface area contributed by atoms with E-state index in [1.54, 1.807) is 24.3 Å². The summed E-state index contributed by atoms with van der Waals surface area (Å²) < 4.78 is 23.7. The van der Waals surface area contributed by atoms with Crippen LogP contribution in [-0.4, -0.2) is 13.5 Å². The molecule has 22 heavy (non-hydrogen) atoms. The fourth-order valence-electron chi connectivity index (χ4n) is 2.57. The molecule has 112 valence electrons. The van der Waals surface area contributed by atoms with Crippen LogP contribution < -0.4 is 5.14 Å². The van der Waals surface area contributed by atoms with Crippen molar-refractivity contribution in [3.05, 3.63) is 71.8 Å². The van der Waals surface area contributed by atoms with E-state index >= 15 is 0 Å². The Morgan fingerprint density at radius 2 is 1.50 bits per heavy atom. The van der Waals surface area contributed by atoms with E-state index in [0.29, 0.717) is 22.8 Å². The molecule has 0 aliphatic carbocycles. The van der Waals surface area contributed by atoms with E-state index in [-0.39, 0.29) is 10.6 Å². The van der Waals surface area contributed by atoms with Gasteiger partial charge in [0, 0.05) is 22.8 Å². The standard InChI is InChI=1S/C17H15NO3S/c18-22(20,21)16-11-13(10-12-6-2-1-3-7-12)17(19)15-9-5-4-8-14(15)16/h1-9,11,19H,10H2,(H2,18,20,21). The van der Waals surface area contributed by atoms with E-state index in [0.717, 1.165) is 5.56 Å². The number of benzene rings is 3. The number of phenols is 1. The lowest BCUT2D eigenvalue weighted by atomic mass is 9.99. The van der Waals surface area contributed by atoms with Crippen LogP contribution in [0.1, 0.15) is 11.1 Å². The molecule has 3 N–H and O–H groups in total. The molecule has 0 heterocycles. The fraction of sp³-hybridized carbons (Fsp3) is 0.0588. The predicted octanol–water partition coefficient (Wildman–Crippen LogP) is 2.78. The summed E-state index contributed by atoms with van der Waals surface area (Å²) >= 11 is 0. The average molecular weight is 313 g/mol. The van der Waals surface area contributed by atoms with Gasteiger partial charge in [0.05, 0.1) is 4.90 Å². The number of primary sulfonamides is 1. The highest BCUT2D eigenvalue weighted by molar-refractivity contribution is 7.89. The minimum Gasteiger partial charge on any atom is -0.507 e. The van der Waals surface area contributed by atoms with Crippen molar-refractivity contribution in [3.63, 3.8) is 0 Å². The summed E-state index contributed by atoms with van der Waals surface area (Å²) in [6.07, 6.45) is 0.431. The Morgan fingerprint density at radius 1 is 0.909 bits per heavy atom. The predicted molar refractivity (Wildman–Crippen MR) is 86.2 cm³/mol. The Kier molecular flexibility index (Phi) is 3.60. The van der Waals surface area contributed by atoms with Gasteiger partial charge in [-0.15, -0.1) is 0 Å². The third-order valence-corrected chi connectivity index (χ3v) is 4.55. The maximum absolute atomic E-state index is 11.9. The zero-order valence-electron chi connectivity index (χ0n) is 11.7. The highest BCUT2D eigenvalue weighted by Gasteiger charge is 2.18. The summed E-state index contributed by atoms with van der Waals surface area (Å²) in [5.74, 6) is 0.0897. The van der Waals surface area contributed by atoms with Crippen LogP contribution >= 0.6 is 0 Å². The van der Waals surface area contributed by atoms with Crippen LogP contribution in [0.25, 0.3) is 10.8 Å². The molecular weight excluding hydrogens is 298 g/mol. The second-order valence-electron chi connectivity index (χ2n) is 5.14. The molecule has 0 spiro atoms. The lowest BCUT2D eigenvalue weighted by molar-refractivity contribution is 0.475. The van der Waals surface area contributed by atoms with Crippen molar-refractivity contribution in [1.29, 1.82) is 0 Å². The fourth-order valence-corrected chi connectivity index (χ4v) is 3.36. The molecule has 0 fully saturated rings. The molecule has 0 aliphatic heterocycles. The topological polar surface area (TPSA) is 80.4 Å². The van der Waals surface area contributed by atoms with Crippen LogP contribution in [0.4, 0.5) is 0 Å². The molecule has 0 bridgehead atoms. The molecule has 0 atom stereocenters. The van der Waals surface area contributed by atoms with Crippen LogP contribution in [0.2, 0.25) is 0 Å². The Hall–Kier alpha value is -2.37. The highest BCUT2D eigenvalue weighted by Crippen LogP contribution is 2.34. The highest BCUT2D eigenvalue weighted by atomic mass is 32.2. The average Bonchev–Trinajstić information content (AvgIpc) is 2.50. The van der Waals surface area contributed by atoms with Crippen LogP contribution in [-0.2, 0) is 16.4 Å². The maximum Gasteiger partial charge on any atom is 0.238 e. The van der Waals surface area contributed by atoms with Gasteiger partial charge < -0.3 is 5.11 Å². The smallest absolute Gasteiger partial charge is 0.238 e. The zero-order chi connectivity index (χ0) is 15.7. The summed E-state index contributed by atoms with van der Waals surface area (Å²) in [7, 11) is -3.87. The second-order valence-corrected chi connectivity index (χ2v) is 6.67. The summed E-state index contributed by atoms with van der Waals surface area (Å²) in [5.41, 5.74) is 1.52. The van der Waals surface area contributed by atoms with Gasteiger partial charge in [0.1, 0.15) is 5.75 Å². The maximum atomic E-state index is 11.9. The van der Waals surface area contributed by atoms with Crippen molar-refractivity contribution in [2.45, 2.75) is 11.3 Å². The molecule has 3 aromatic rings. The van der Waals surface area contributed by atoms with E-state index in [9.17, 15) is 13.5 Å². The number of hydrogen-bond acceptors (Lipinski definition) is 3. The van der Waals surface area contributed by atoms with Crippen LogP contribution in [0.3, 0.4) is 0 Å². The number of hydrogen-bond donors (Lipinski definition) is 2. The second kappa shape index (κ2) is 5.44. The molecule has 0 radical (unpaired) electrons. The van der Waals surface area contributed by atoms with Gasteiger partial charge in [-0.05, 0) is 11.6 Å². The van der Waals surface area contributed by atoms with Gasteiger partial charge in [-0.1, -0.05) is 54.6 Å². The summed E-state index contributed by atoms with van der Waals surface area (Å²) in [5, 5.41) is 16.7. The Balaban J connectivity index is 2.25. The minimum absolute atomic E-state index is 0.0341. The van der Waals surface area contributed by atoms with Crippen LogP contribution in [0.15, 0.2) is 65.6 Å². The van der Waals surface area contributed by atoms with Crippen molar-refractivity contribution in [3.8, 4) is 5.75 Å². The molecule has 0 aliphatic rings. The molecule has 3 aromatic carbocycles. The van der Waals surface area contributed by atoms with Crippen molar-refractivity contribution >= 4 is 20.8 Å².